The van der Waals surface area contributed by atoms with Gasteiger partial charge >= 0.3 is 0 Å². The Morgan fingerprint density at radius 3 is 2.74 bits per heavy atom. The number of halogens is 2. The summed E-state index contributed by atoms with van der Waals surface area (Å²) in [6.07, 6.45) is 1.07. The van der Waals surface area contributed by atoms with Gasteiger partial charge in [0.05, 0.1) is 10.2 Å². The maximum Gasteiger partial charge on any atom is 0.248 e. The van der Waals surface area contributed by atoms with Crippen LogP contribution in [0.4, 0.5) is 8.78 Å². The molecule has 0 N–H and O–H groups in total. The van der Waals surface area contributed by atoms with Gasteiger partial charge < -0.3 is 4.57 Å². The molecule has 1 heterocycles. The zero-order valence-electron chi connectivity index (χ0n) is 10.7. The quantitative estimate of drug-likeness (QED) is 0.852. The molecule has 0 aliphatic rings. The first kappa shape index (κ1) is 13.9. The molecule has 0 saturated heterocycles. The molecule has 1 amide bonds. The fourth-order valence-electron chi connectivity index (χ4n) is 1.88. The Morgan fingerprint density at radius 1 is 1.37 bits per heavy atom. The van der Waals surface area contributed by atoms with Gasteiger partial charge in [0.1, 0.15) is 5.82 Å². The number of aryl methyl sites for hydroxylation is 1. The number of rotatable bonds is 3. The molecule has 0 fully saturated rings. The summed E-state index contributed by atoms with van der Waals surface area (Å²) in [5, 5.41) is 0. The summed E-state index contributed by atoms with van der Waals surface area (Å²) in [5.74, 6) is -1.49. The predicted molar refractivity (Wildman–Crippen MR) is 70.9 cm³/mol. The standard InChI is InChI=1S/C13H14F2N2OS/c1-3-5-11(18)16-13-17(4-2)12-9(15)6-8(14)7-10(12)19-13/h6-7H,3-5H2,1-2H3. The van der Waals surface area contributed by atoms with Gasteiger partial charge in [0, 0.05) is 19.0 Å². The molecule has 0 bridgehead atoms. The Kier molecular flexibility index (Phi) is 4.09. The van der Waals surface area contributed by atoms with Crippen LogP contribution in [0.5, 0.6) is 0 Å². The summed E-state index contributed by atoms with van der Waals surface area (Å²) in [4.78, 5) is 16.0. The molecule has 0 aliphatic carbocycles. The molecular formula is C13H14F2N2OS. The van der Waals surface area contributed by atoms with E-state index in [1.54, 1.807) is 4.57 Å². The van der Waals surface area contributed by atoms with Crippen LogP contribution in [0, 0.1) is 11.6 Å². The van der Waals surface area contributed by atoms with Gasteiger partial charge in [0.2, 0.25) is 5.91 Å². The highest BCUT2D eigenvalue weighted by atomic mass is 32.1. The summed E-state index contributed by atoms with van der Waals surface area (Å²) in [7, 11) is 0. The van der Waals surface area contributed by atoms with Gasteiger partial charge in [0.25, 0.3) is 0 Å². The van der Waals surface area contributed by atoms with E-state index in [9.17, 15) is 13.6 Å². The summed E-state index contributed by atoms with van der Waals surface area (Å²) in [6, 6.07) is 2.11. The smallest absolute Gasteiger partial charge is 0.248 e. The Labute approximate surface area is 113 Å². The van der Waals surface area contributed by atoms with Gasteiger partial charge in [-0.1, -0.05) is 18.3 Å². The van der Waals surface area contributed by atoms with E-state index >= 15 is 0 Å². The van der Waals surface area contributed by atoms with E-state index in [2.05, 4.69) is 4.99 Å². The van der Waals surface area contributed by atoms with E-state index in [0.717, 1.165) is 17.4 Å². The van der Waals surface area contributed by atoms with E-state index in [1.165, 1.54) is 6.07 Å². The van der Waals surface area contributed by atoms with E-state index in [1.807, 2.05) is 13.8 Å². The summed E-state index contributed by atoms with van der Waals surface area (Å²) < 4.78 is 29.1. The monoisotopic (exact) mass is 284 g/mol. The van der Waals surface area contributed by atoms with Crippen molar-refractivity contribution >= 4 is 27.5 Å². The Hall–Kier alpha value is -1.56. The third-order valence-electron chi connectivity index (χ3n) is 2.70. The third kappa shape index (κ3) is 2.73. The number of amides is 1. The summed E-state index contributed by atoms with van der Waals surface area (Å²) >= 11 is 1.13. The number of fused-ring (bicyclic) bond motifs is 1. The number of benzene rings is 1. The zero-order chi connectivity index (χ0) is 14.0. The first-order valence-corrected chi connectivity index (χ1v) is 6.94. The van der Waals surface area contributed by atoms with Crippen LogP contribution in [0.25, 0.3) is 10.2 Å². The van der Waals surface area contributed by atoms with Crippen LogP contribution >= 0.6 is 11.3 Å². The van der Waals surface area contributed by atoms with E-state index < -0.39 is 11.6 Å². The summed E-state index contributed by atoms with van der Waals surface area (Å²) in [6.45, 7) is 4.19. The molecule has 0 spiro atoms. The van der Waals surface area contributed by atoms with E-state index in [-0.39, 0.29) is 5.91 Å². The van der Waals surface area contributed by atoms with Gasteiger partial charge in [-0.25, -0.2) is 8.78 Å². The van der Waals surface area contributed by atoms with Crippen molar-refractivity contribution in [2.45, 2.75) is 33.2 Å². The van der Waals surface area contributed by atoms with Crippen LogP contribution in [-0.2, 0) is 11.3 Å². The molecule has 1 aromatic carbocycles. The van der Waals surface area contributed by atoms with Gasteiger partial charge in [0.15, 0.2) is 10.6 Å². The van der Waals surface area contributed by atoms with Crippen molar-refractivity contribution in [1.29, 1.82) is 0 Å². The lowest BCUT2D eigenvalue weighted by Crippen LogP contribution is -2.16. The molecule has 3 nitrogen and oxygen atoms in total. The Balaban J connectivity index is 2.69. The molecule has 1 aromatic heterocycles. The Morgan fingerprint density at radius 2 is 2.11 bits per heavy atom. The molecule has 0 unspecified atom stereocenters. The minimum atomic E-state index is -0.627. The molecule has 102 valence electrons. The first-order chi connectivity index (χ1) is 9.06. The lowest BCUT2D eigenvalue weighted by Gasteiger charge is -2.01. The number of nitrogens with zero attached hydrogens (tertiary/aromatic N) is 2. The number of thiazole rings is 1. The molecule has 6 heteroatoms. The van der Waals surface area contributed by atoms with Crippen molar-refractivity contribution in [2.24, 2.45) is 4.99 Å². The average Bonchev–Trinajstić information content (AvgIpc) is 2.66. The Bertz CT molecular complexity index is 688. The average molecular weight is 284 g/mol. The molecule has 0 saturated carbocycles. The van der Waals surface area contributed by atoms with E-state index in [0.29, 0.717) is 34.4 Å². The molecule has 0 aliphatic heterocycles. The number of aromatic nitrogens is 1. The molecule has 19 heavy (non-hydrogen) atoms. The van der Waals surface area contributed by atoms with Crippen molar-refractivity contribution in [3.8, 4) is 0 Å². The number of carbonyl (C=O) groups excluding carboxylic acids is 1. The molecule has 2 rings (SSSR count). The highest BCUT2D eigenvalue weighted by Gasteiger charge is 2.12. The van der Waals surface area contributed by atoms with Crippen molar-refractivity contribution in [1.82, 2.24) is 4.57 Å². The SMILES string of the molecule is CCCC(=O)N=c1sc2cc(F)cc(F)c2n1CC. The topological polar surface area (TPSA) is 34.4 Å². The fourth-order valence-corrected chi connectivity index (χ4v) is 3.03. The lowest BCUT2D eigenvalue weighted by atomic mass is 10.3. The van der Waals surface area contributed by atoms with Crippen LogP contribution in [0.3, 0.4) is 0 Å². The molecular weight excluding hydrogens is 270 g/mol. The second-order valence-corrected chi connectivity index (χ2v) is 5.13. The molecule has 0 atom stereocenters. The second kappa shape index (κ2) is 5.61. The van der Waals surface area contributed by atoms with Crippen molar-refractivity contribution in [3.05, 3.63) is 28.6 Å². The van der Waals surface area contributed by atoms with Crippen LogP contribution in [0.2, 0.25) is 0 Å². The summed E-state index contributed by atoms with van der Waals surface area (Å²) in [5.41, 5.74) is 0.303. The molecule has 0 radical (unpaired) electrons. The molecule has 2 aromatic rings. The second-order valence-electron chi connectivity index (χ2n) is 4.12. The lowest BCUT2D eigenvalue weighted by molar-refractivity contribution is -0.118. The largest absolute Gasteiger partial charge is 0.314 e. The van der Waals surface area contributed by atoms with Gasteiger partial charge in [-0.15, -0.1) is 0 Å². The number of hydrogen-bond acceptors (Lipinski definition) is 2. The van der Waals surface area contributed by atoms with Gasteiger partial charge in [-0.2, -0.15) is 4.99 Å². The van der Waals surface area contributed by atoms with Crippen LogP contribution in [0.15, 0.2) is 17.1 Å². The van der Waals surface area contributed by atoms with Gasteiger partial charge in [-0.05, 0) is 19.4 Å². The fraction of sp³-hybridized carbons (Fsp3) is 0.385. The number of hydrogen-bond donors (Lipinski definition) is 0. The highest BCUT2D eigenvalue weighted by molar-refractivity contribution is 7.16. The third-order valence-corrected chi connectivity index (χ3v) is 3.72. The van der Waals surface area contributed by atoms with Crippen molar-refractivity contribution in [3.63, 3.8) is 0 Å². The normalized spacial score (nSPS) is 12.3. The van der Waals surface area contributed by atoms with Crippen molar-refractivity contribution < 1.29 is 13.6 Å². The number of carbonyl (C=O) groups is 1. The van der Waals surface area contributed by atoms with Gasteiger partial charge in [-0.3, -0.25) is 4.79 Å². The van der Waals surface area contributed by atoms with E-state index in [4.69, 9.17) is 0 Å². The first-order valence-electron chi connectivity index (χ1n) is 6.12. The maximum absolute atomic E-state index is 13.8. The van der Waals surface area contributed by atoms with Crippen LogP contribution < -0.4 is 4.80 Å². The zero-order valence-corrected chi connectivity index (χ0v) is 11.6. The maximum atomic E-state index is 13.8. The van der Waals surface area contributed by atoms with Crippen LogP contribution in [-0.4, -0.2) is 10.5 Å². The minimum absolute atomic E-state index is 0.239. The highest BCUT2D eigenvalue weighted by Crippen LogP contribution is 2.22. The predicted octanol–water partition coefficient (Wildman–Crippen LogP) is 3.23. The minimum Gasteiger partial charge on any atom is -0.314 e. The van der Waals surface area contributed by atoms with Crippen molar-refractivity contribution in [2.75, 3.05) is 0 Å². The van der Waals surface area contributed by atoms with Crippen LogP contribution in [0.1, 0.15) is 26.7 Å².